The van der Waals surface area contributed by atoms with Gasteiger partial charge in [0.25, 0.3) is 5.91 Å². The molecule has 4 heterocycles. The van der Waals surface area contributed by atoms with Crippen LogP contribution in [0.2, 0.25) is 5.02 Å². The number of benzene rings is 3. The molecule has 3 aromatic carbocycles. The number of ether oxygens (including phenoxy) is 1. The van der Waals surface area contributed by atoms with Gasteiger partial charge in [0.2, 0.25) is 17.7 Å². The minimum atomic E-state index is -0.977. The number of hydrogen-bond acceptors (Lipinski definition) is 12. The molecule has 0 radical (unpaired) electrons. The predicted octanol–water partition coefficient (Wildman–Crippen LogP) is 7.07. The molecule has 6 atom stereocenters. The number of piperazine rings is 1. The summed E-state index contributed by atoms with van der Waals surface area (Å²) >= 11 is 7.81. The average Bonchev–Trinajstić information content (AvgIpc) is 4.05. The first-order valence-corrected chi connectivity index (χ1v) is 27.3. The van der Waals surface area contributed by atoms with E-state index in [4.69, 9.17) is 16.3 Å². The van der Waals surface area contributed by atoms with E-state index in [1.165, 1.54) is 10.5 Å². The monoisotopic (exact) mass is 1050 g/mol. The maximum atomic E-state index is 14.4. The van der Waals surface area contributed by atoms with E-state index in [1.807, 2.05) is 76.2 Å². The molecule has 1 saturated carbocycles. The van der Waals surface area contributed by atoms with Crippen molar-refractivity contribution in [2.24, 2.45) is 16.2 Å². The second-order valence-corrected chi connectivity index (χ2v) is 24.4. The van der Waals surface area contributed by atoms with E-state index in [9.17, 15) is 34.7 Å². The summed E-state index contributed by atoms with van der Waals surface area (Å²) in [5, 5.41) is 40.0. The molecule has 74 heavy (non-hydrogen) atoms. The number of nitrogens with one attached hydrogen (secondary N) is 3. The Hall–Kier alpha value is -5.41. The zero-order valence-electron chi connectivity index (χ0n) is 44.0. The van der Waals surface area contributed by atoms with Crippen molar-refractivity contribution in [3.8, 4) is 22.3 Å². The number of nitriles is 1. The topological polar surface area (TPSA) is 200 Å². The smallest absolute Gasteiger partial charge is 0.251 e. The summed E-state index contributed by atoms with van der Waals surface area (Å²) in [6.45, 7) is 18.4. The molecule has 3 aliphatic heterocycles. The van der Waals surface area contributed by atoms with Gasteiger partial charge in [-0.15, -0.1) is 11.3 Å². The molecule has 0 spiro atoms. The number of fused-ring (bicyclic) bond motifs is 2. The normalized spacial score (nSPS) is 24.1. The minimum Gasteiger partial charge on any atom is -0.489 e. The lowest BCUT2D eigenvalue weighted by molar-refractivity contribution is -0.164. The number of amides is 4. The molecule has 1 aromatic heterocycles. The predicted molar refractivity (Wildman–Crippen MR) is 287 cm³/mol. The Kier molecular flexibility index (Phi) is 16.6. The van der Waals surface area contributed by atoms with Crippen molar-refractivity contribution in [2.45, 2.75) is 142 Å². The number of hydrogen-bond donors (Lipinski definition) is 5. The number of nitrogens with zero attached hydrogens (tertiary/aromatic N) is 5. The van der Waals surface area contributed by atoms with Crippen LogP contribution in [0.5, 0.6) is 5.75 Å². The van der Waals surface area contributed by atoms with Crippen molar-refractivity contribution in [3.63, 3.8) is 0 Å². The van der Waals surface area contributed by atoms with Crippen LogP contribution < -0.4 is 20.7 Å². The number of aromatic nitrogens is 1. The van der Waals surface area contributed by atoms with Crippen LogP contribution >= 0.6 is 22.9 Å². The van der Waals surface area contributed by atoms with Crippen LogP contribution in [-0.2, 0) is 20.8 Å². The van der Waals surface area contributed by atoms with E-state index >= 15 is 0 Å². The Labute approximate surface area is 445 Å². The lowest BCUT2D eigenvalue weighted by atomic mass is 9.49. The van der Waals surface area contributed by atoms with Crippen LogP contribution in [0.4, 0.5) is 0 Å². The Bertz CT molecular complexity index is 2690. The van der Waals surface area contributed by atoms with Gasteiger partial charge in [-0.3, -0.25) is 24.1 Å². The van der Waals surface area contributed by atoms with Crippen molar-refractivity contribution >= 4 is 46.6 Å². The molecule has 4 aromatic rings. The molecule has 4 fully saturated rings. The fourth-order valence-corrected chi connectivity index (χ4v) is 13.3. The third kappa shape index (κ3) is 11.8. The van der Waals surface area contributed by atoms with Gasteiger partial charge in [0.15, 0.2) is 0 Å². The van der Waals surface area contributed by atoms with Crippen molar-refractivity contribution in [1.29, 1.82) is 5.26 Å². The van der Waals surface area contributed by atoms with Crippen LogP contribution in [0.1, 0.15) is 119 Å². The largest absolute Gasteiger partial charge is 0.489 e. The Morgan fingerprint density at radius 1 is 0.946 bits per heavy atom. The number of thiazole rings is 1. The summed E-state index contributed by atoms with van der Waals surface area (Å²) in [4.78, 5) is 67.3. The van der Waals surface area contributed by atoms with E-state index in [0.717, 1.165) is 67.9 Å². The van der Waals surface area contributed by atoms with Crippen molar-refractivity contribution < 1.29 is 34.1 Å². The van der Waals surface area contributed by atoms with Gasteiger partial charge >= 0.3 is 0 Å². The number of unbranched alkanes of at least 4 members (excludes halogenated alkanes) is 1. The Balaban J connectivity index is 0.779. The zero-order chi connectivity index (χ0) is 53.3. The first-order valence-electron chi connectivity index (χ1n) is 26.0. The fraction of sp³-hybridized carbons (Fsp3) is 0.544. The standard InChI is InChI=1S/C57H73ClN8O7S/c1-34-48(74-33-60-34)37-18-16-36(17-19-37)45(32-67)61-51(71)46-25-42(68)30-66(46)52(72)49(55(2,3)4)62-47(69)31-65-40-21-22-41(65)29-64(28-40)24-10-9-11-35-12-14-38(15-13-35)50(70)63-53-56(5,6)54(57(53,7)8)73-43-23-20-39(27-59)44(58)26-43/h12-20,23,26,33,40-42,45-46,49,53-54,67-68H,9-11,21-22,24-25,28-32H2,1-8H3,(H,61,71)(H,62,69)(H,63,70)/t40?,41?,42-,45+,46+,49-,53-,54-/m1/s1. The number of halogens is 1. The first kappa shape index (κ1) is 54.8. The molecule has 4 amide bonds. The number of aryl methyl sites for hydroxylation is 2. The van der Waals surface area contributed by atoms with Gasteiger partial charge in [-0.1, -0.05) is 96.5 Å². The van der Waals surface area contributed by atoms with Crippen molar-refractivity contribution in [3.05, 3.63) is 105 Å². The van der Waals surface area contributed by atoms with Crippen LogP contribution in [0.3, 0.4) is 0 Å². The summed E-state index contributed by atoms with van der Waals surface area (Å²) < 4.78 is 6.39. The molecule has 15 nitrogen and oxygen atoms in total. The molecule has 2 bridgehead atoms. The lowest BCUT2D eigenvalue weighted by Crippen LogP contribution is -2.74. The highest BCUT2D eigenvalue weighted by Crippen LogP contribution is 2.55. The van der Waals surface area contributed by atoms with Crippen LogP contribution in [0, 0.1) is 34.5 Å². The maximum Gasteiger partial charge on any atom is 0.251 e. The molecular weight excluding hydrogens is 976 g/mol. The molecule has 2 unspecified atom stereocenters. The molecule has 1 aliphatic carbocycles. The van der Waals surface area contributed by atoms with Crippen LogP contribution in [0.25, 0.3) is 10.4 Å². The van der Waals surface area contributed by atoms with E-state index < -0.39 is 41.5 Å². The van der Waals surface area contributed by atoms with Gasteiger partial charge in [0, 0.05) is 66.6 Å². The Morgan fingerprint density at radius 3 is 2.22 bits per heavy atom. The first-order chi connectivity index (χ1) is 35.1. The number of likely N-dealkylation sites (tertiary alicyclic amines) is 2. The van der Waals surface area contributed by atoms with Crippen LogP contribution in [-0.4, -0.2) is 135 Å². The third-order valence-corrected chi connectivity index (χ3v) is 17.3. The second kappa shape index (κ2) is 22.4. The molecule has 8 rings (SSSR count). The molecule has 3 saturated heterocycles. The highest BCUT2D eigenvalue weighted by Gasteiger charge is 2.64. The maximum absolute atomic E-state index is 14.4. The molecule has 5 N–H and O–H groups in total. The molecule has 4 aliphatic rings. The number of carbonyl (C=O) groups is 4. The number of aliphatic hydroxyl groups is 2. The van der Waals surface area contributed by atoms with E-state index in [1.54, 1.807) is 35.0 Å². The zero-order valence-corrected chi connectivity index (χ0v) is 45.6. The number of β-amino-alcohol motifs (C(OH)–C–C–N with tert-alkyl or cyclic N) is 1. The van der Waals surface area contributed by atoms with Gasteiger partial charge in [-0.25, -0.2) is 4.98 Å². The summed E-state index contributed by atoms with van der Waals surface area (Å²) in [5.74, 6) is -0.674. The summed E-state index contributed by atoms with van der Waals surface area (Å²) in [7, 11) is 0. The summed E-state index contributed by atoms with van der Waals surface area (Å²) in [6.07, 6.45) is 3.86. The average molecular weight is 1050 g/mol. The van der Waals surface area contributed by atoms with Gasteiger partial charge in [-0.2, -0.15) is 5.26 Å². The number of rotatable bonds is 18. The Morgan fingerprint density at radius 2 is 1.62 bits per heavy atom. The second-order valence-electron chi connectivity index (χ2n) is 23.2. The number of aliphatic hydroxyl groups excluding tert-OH is 2. The highest BCUT2D eigenvalue weighted by atomic mass is 35.5. The highest BCUT2D eigenvalue weighted by molar-refractivity contribution is 7.13. The SMILES string of the molecule is Cc1ncsc1-c1ccc([C@H](CO)NC(=O)[C@@H]2C[C@@H](O)CN2C(=O)[C@@H](NC(=O)CN2C3CCC2CN(CCCCc2ccc(C(=O)N[C@H]4C(C)(C)[C@H](Oc5ccc(C#N)c(Cl)c5)C4(C)C)cc2)C3)C(C)(C)C)cc1. The minimum absolute atomic E-state index is 0.0413. The fourth-order valence-electron chi connectivity index (χ4n) is 12.3. The molecule has 396 valence electrons. The van der Waals surface area contributed by atoms with Gasteiger partial charge in [0.1, 0.15) is 30.0 Å². The van der Waals surface area contributed by atoms with E-state index in [0.29, 0.717) is 27.5 Å². The summed E-state index contributed by atoms with van der Waals surface area (Å²) in [5.41, 5.74) is 5.17. The van der Waals surface area contributed by atoms with E-state index in [2.05, 4.69) is 64.5 Å². The third-order valence-electron chi connectivity index (χ3n) is 16.0. The van der Waals surface area contributed by atoms with Gasteiger partial charge in [-0.05, 0) is 91.9 Å². The quantitative estimate of drug-likeness (QED) is 0.0639. The van der Waals surface area contributed by atoms with Gasteiger partial charge in [0.05, 0.1) is 52.0 Å². The van der Waals surface area contributed by atoms with E-state index in [-0.39, 0.29) is 73.0 Å². The van der Waals surface area contributed by atoms with Crippen LogP contribution in [0.15, 0.2) is 72.2 Å². The molecular formula is C57H73ClN8O7S. The van der Waals surface area contributed by atoms with Gasteiger partial charge < -0.3 is 40.7 Å². The van der Waals surface area contributed by atoms with Crippen molar-refractivity contribution in [2.75, 3.05) is 39.3 Å². The lowest BCUT2D eigenvalue weighted by Gasteiger charge is -2.63. The number of carbonyl (C=O) groups excluding carboxylic acids is 4. The summed E-state index contributed by atoms with van der Waals surface area (Å²) in [6, 6.07) is 20.3. The molecule has 17 heteroatoms. The van der Waals surface area contributed by atoms with Crippen molar-refractivity contribution in [1.82, 2.24) is 35.6 Å².